The van der Waals surface area contributed by atoms with Gasteiger partial charge < -0.3 is 14.6 Å². The average molecular weight is 360 g/mol. The highest BCUT2D eigenvalue weighted by atomic mass is 16.5. The van der Waals surface area contributed by atoms with E-state index in [1.54, 1.807) is 0 Å². The molecule has 27 heavy (non-hydrogen) atoms. The molecule has 0 aromatic heterocycles. The zero-order valence-electron chi connectivity index (χ0n) is 15.3. The maximum atomic E-state index is 10.1. The summed E-state index contributed by atoms with van der Waals surface area (Å²) >= 11 is 0. The van der Waals surface area contributed by atoms with Gasteiger partial charge in [0.1, 0.15) is 11.5 Å². The molecule has 0 radical (unpaired) electrons. The molecule has 3 aromatic rings. The van der Waals surface area contributed by atoms with Gasteiger partial charge in [0.25, 0.3) is 0 Å². The van der Waals surface area contributed by atoms with Gasteiger partial charge in [-0.2, -0.15) is 0 Å². The first-order chi connectivity index (χ1) is 13.4. The summed E-state index contributed by atoms with van der Waals surface area (Å²) in [5.41, 5.74) is 3.44. The number of hydrogen-bond acceptors (Lipinski definition) is 3. The van der Waals surface area contributed by atoms with Crippen LogP contribution in [0.5, 0.6) is 11.5 Å². The second kappa shape index (κ2) is 8.38. The lowest BCUT2D eigenvalue weighted by molar-refractivity contribution is 0.0908. The van der Waals surface area contributed by atoms with Gasteiger partial charge in [-0.1, -0.05) is 66.7 Å². The van der Waals surface area contributed by atoms with E-state index in [4.69, 9.17) is 9.47 Å². The fraction of sp³-hybridized carbons (Fsp3) is 0.250. The number of ether oxygens (including phenoxy) is 2. The van der Waals surface area contributed by atoms with Crippen molar-refractivity contribution < 1.29 is 14.6 Å². The maximum absolute atomic E-state index is 10.1. The topological polar surface area (TPSA) is 38.7 Å². The van der Waals surface area contributed by atoms with E-state index >= 15 is 0 Å². The van der Waals surface area contributed by atoms with E-state index in [1.165, 1.54) is 5.56 Å². The van der Waals surface area contributed by atoms with Crippen molar-refractivity contribution in [3.8, 4) is 11.5 Å². The van der Waals surface area contributed by atoms with Crippen LogP contribution in [-0.2, 0) is 11.3 Å². The Morgan fingerprint density at radius 1 is 0.815 bits per heavy atom. The number of para-hydroxylation sites is 2. The Kier molecular flexibility index (Phi) is 5.52. The zero-order chi connectivity index (χ0) is 18.5. The fourth-order valence-corrected chi connectivity index (χ4v) is 3.82. The van der Waals surface area contributed by atoms with E-state index in [0.29, 0.717) is 13.2 Å². The fourth-order valence-electron chi connectivity index (χ4n) is 3.82. The van der Waals surface area contributed by atoms with Crippen molar-refractivity contribution in [2.24, 2.45) is 5.92 Å². The quantitative estimate of drug-likeness (QED) is 0.593. The van der Waals surface area contributed by atoms with Crippen LogP contribution in [0.15, 0.2) is 78.9 Å². The first-order valence-corrected chi connectivity index (χ1v) is 9.45. The third-order valence-corrected chi connectivity index (χ3v) is 5.18. The minimum atomic E-state index is 0.0759. The summed E-state index contributed by atoms with van der Waals surface area (Å²) in [6, 6.07) is 26.4. The van der Waals surface area contributed by atoms with Crippen molar-refractivity contribution >= 4 is 0 Å². The van der Waals surface area contributed by atoms with E-state index in [0.717, 1.165) is 29.0 Å². The molecule has 0 saturated heterocycles. The summed E-state index contributed by atoms with van der Waals surface area (Å²) in [6.45, 7) is 1.32. The molecule has 0 amide bonds. The Labute approximate surface area is 160 Å². The van der Waals surface area contributed by atoms with Crippen LogP contribution in [0.1, 0.15) is 29.0 Å². The smallest absolute Gasteiger partial charge is 0.131 e. The van der Waals surface area contributed by atoms with Crippen LogP contribution in [-0.4, -0.2) is 18.3 Å². The van der Waals surface area contributed by atoms with Gasteiger partial charge in [-0.25, -0.2) is 0 Å². The van der Waals surface area contributed by atoms with Gasteiger partial charge in [0.15, 0.2) is 0 Å². The van der Waals surface area contributed by atoms with E-state index < -0.39 is 0 Å². The number of hydrogen-bond donors (Lipinski definition) is 1. The Hall–Kier alpha value is -2.62. The van der Waals surface area contributed by atoms with Crippen LogP contribution < -0.4 is 4.74 Å². The van der Waals surface area contributed by atoms with Gasteiger partial charge >= 0.3 is 0 Å². The lowest BCUT2D eigenvalue weighted by Crippen LogP contribution is -2.23. The summed E-state index contributed by atoms with van der Waals surface area (Å²) in [7, 11) is 0. The minimum Gasteiger partial charge on any atom is -0.457 e. The molecular weight excluding hydrogens is 336 g/mol. The Morgan fingerprint density at radius 2 is 1.41 bits per heavy atom. The Morgan fingerprint density at radius 3 is 2.04 bits per heavy atom. The normalized spacial score (nSPS) is 14.1. The second-order valence-electron chi connectivity index (χ2n) is 6.92. The number of fused-ring (bicyclic) bond motifs is 2. The maximum Gasteiger partial charge on any atom is 0.131 e. The Balaban J connectivity index is 1.50. The summed E-state index contributed by atoms with van der Waals surface area (Å²) in [5, 5.41) is 10.1. The van der Waals surface area contributed by atoms with Crippen LogP contribution in [0.3, 0.4) is 0 Å². The van der Waals surface area contributed by atoms with E-state index in [9.17, 15) is 5.11 Å². The summed E-state index contributed by atoms with van der Waals surface area (Å²) in [6.07, 6.45) is 0.788. The molecule has 0 fully saturated rings. The van der Waals surface area contributed by atoms with Gasteiger partial charge in [0.05, 0.1) is 6.61 Å². The van der Waals surface area contributed by atoms with Gasteiger partial charge in [0, 0.05) is 30.3 Å². The van der Waals surface area contributed by atoms with E-state index in [2.05, 4.69) is 24.3 Å². The summed E-state index contributed by atoms with van der Waals surface area (Å²) < 4.78 is 11.9. The van der Waals surface area contributed by atoms with Crippen LogP contribution in [0.25, 0.3) is 0 Å². The van der Waals surface area contributed by atoms with Crippen molar-refractivity contribution in [3.63, 3.8) is 0 Å². The molecule has 0 bridgehead atoms. The average Bonchev–Trinajstić information content (AvgIpc) is 2.73. The molecule has 0 spiro atoms. The molecule has 1 atom stereocenters. The molecule has 0 saturated carbocycles. The third-order valence-electron chi connectivity index (χ3n) is 5.18. The predicted molar refractivity (Wildman–Crippen MR) is 106 cm³/mol. The van der Waals surface area contributed by atoms with Crippen molar-refractivity contribution in [3.05, 3.63) is 95.6 Å². The molecule has 0 unspecified atom stereocenters. The van der Waals surface area contributed by atoms with Crippen LogP contribution in [0.2, 0.25) is 0 Å². The van der Waals surface area contributed by atoms with Gasteiger partial charge in [-0.3, -0.25) is 0 Å². The third kappa shape index (κ3) is 3.90. The van der Waals surface area contributed by atoms with E-state index in [-0.39, 0.29) is 18.4 Å². The molecule has 3 heteroatoms. The van der Waals surface area contributed by atoms with E-state index in [1.807, 2.05) is 54.6 Å². The highest BCUT2D eigenvalue weighted by Crippen LogP contribution is 2.47. The number of benzene rings is 3. The van der Waals surface area contributed by atoms with Crippen LogP contribution in [0.4, 0.5) is 0 Å². The molecular formula is C24H24O3. The first-order valence-electron chi connectivity index (χ1n) is 9.45. The van der Waals surface area contributed by atoms with Gasteiger partial charge in [0.2, 0.25) is 0 Å². The number of aliphatic hydroxyl groups is 1. The zero-order valence-corrected chi connectivity index (χ0v) is 15.3. The molecule has 1 aliphatic heterocycles. The standard InChI is InChI=1S/C24H24O3/c25-16-19(14-15-26-17-18-8-2-1-3-9-18)24-20-10-4-6-12-22(20)27-23-13-7-5-11-21(23)24/h1-13,19,24-25H,14-17H2/t19-/m0/s1. The lowest BCUT2D eigenvalue weighted by atomic mass is 9.77. The molecule has 1 heterocycles. The van der Waals surface area contributed by atoms with Crippen molar-refractivity contribution in [2.75, 3.05) is 13.2 Å². The largest absolute Gasteiger partial charge is 0.457 e. The second-order valence-corrected chi connectivity index (χ2v) is 6.92. The Bertz CT molecular complexity index is 830. The highest BCUT2D eigenvalue weighted by molar-refractivity contribution is 5.53. The van der Waals surface area contributed by atoms with Crippen LogP contribution in [0, 0.1) is 5.92 Å². The highest BCUT2D eigenvalue weighted by Gasteiger charge is 2.32. The predicted octanol–water partition coefficient (Wildman–Crippen LogP) is 5.14. The molecule has 4 rings (SSSR count). The number of rotatable bonds is 7. The minimum absolute atomic E-state index is 0.0759. The summed E-state index contributed by atoms with van der Waals surface area (Å²) in [5.74, 6) is 1.94. The molecule has 138 valence electrons. The molecule has 1 aliphatic rings. The first kappa shape index (κ1) is 17.8. The summed E-state index contributed by atoms with van der Waals surface area (Å²) in [4.78, 5) is 0. The molecule has 0 aliphatic carbocycles. The van der Waals surface area contributed by atoms with Gasteiger partial charge in [-0.15, -0.1) is 0 Å². The van der Waals surface area contributed by atoms with Crippen LogP contribution >= 0.6 is 0 Å². The number of aliphatic hydroxyl groups excluding tert-OH is 1. The molecule has 3 nitrogen and oxygen atoms in total. The van der Waals surface area contributed by atoms with Crippen molar-refractivity contribution in [2.45, 2.75) is 18.9 Å². The monoisotopic (exact) mass is 360 g/mol. The lowest BCUT2D eigenvalue weighted by Gasteiger charge is -2.33. The van der Waals surface area contributed by atoms with Gasteiger partial charge in [-0.05, 0) is 30.0 Å². The molecule has 1 N–H and O–H groups in total. The molecule has 3 aromatic carbocycles. The van der Waals surface area contributed by atoms with Crippen molar-refractivity contribution in [1.82, 2.24) is 0 Å². The SMILES string of the molecule is OC[C@H](CCOCc1ccccc1)C1c2ccccc2Oc2ccccc21. The van der Waals surface area contributed by atoms with Crippen molar-refractivity contribution in [1.29, 1.82) is 0 Å².